The number of hydrogen-bond acceptors (Lipinski definition) is 10. The van der Waals surface area contributed by atoms with Gasteiger partial charge in [0, 0.05) is 27.2 Å². The van der Waals surface area contributed by atoms with Crippen molar-refractivity contribution in [2.45, 2.75) is 58.2 Å². The Bertz CT molecular complexity index is 569. The van der Waals surface area contributed by atoms with Gasteiger partial charge in [-0.1, -0.05) is 0 Å². The Hall–Kier alpha value is -2.24. The van der Waals surface area contributed by atoms with E-state index >= 15 is 0 Å². The molecule has 1 aliphatic heterocycles. The smallest absolute Gasteiger partial charge is 0.303 e. The summed E-state index contributed by atoms with van der Waals surface area (Å²) in [5.74, 6) is -3.42. The summed E-state index contributed by atoms with van der Waals surface area (Å²) in [7, 11) is 0. The molecule has 0 aromatic carbocycles. The van der Waals surface area contributed by atoms with Crippen LogP contribution in [0.1, 0.15) is 33.6 Å². The maximum absolute atomic E-state index is 11.7. The third-order valence-electron chi connectivity index (χ3n) is 3.89. The largest absolute Gasteiger partial charge is 0.463 e. The number of rotatable bonds is 10. The number of ether oxygens (including phenoxy) is 5. The van der Waals surface area contributed by atoms with Gasteiger partial charge in [0.1, 0.15) is 18.8 Å². The molecule has 1 unspecified atom stereocenters. The number of nitrogens with two attached hydrogens (primary N) is 2. The second kappa shape index (κ2) is 11.6. The number of hydrogen-bond donors (Lipinski definition) is 2. The molecule has 4 N–H and O–H groups in total. The van der Waals surface area contributed by atoms with Crippen LogP contribution in [0.4, 0.5) is 0 Å². The van der Waals surface area contributed by atoms with Crippen LogP contribution < -0.4 is 11.5 Å². The Morgan fingerprint density at radius 2 is 1.57 bits per heavy atom. The second-order valence-electron chi connectivity index (χ2n) is 6.34. The lowest BCUT2D eigenvalue weighted by Crippen LogP contribution is -2.59. The SMILES string of the molecule is CC(=O)OC[C@H]1OC(OCCCN)[C@H](CC(N)=O)[C@@H](OC(C)=O)[C@H]1OC(C)=O. The van der Waals surface area contributed by atoms with Gasteiger partial charge in [-0.15, -0.1) is 0 Å². The Morgan fingerprint density at radius 1 is 0.964 bits per heavy atom. The van der Waals surface area contributed by atoms with Gasteiger partial charge in [0.05, 0.1) is 12.5 Å². The monoisotopic (exact) mass is 404 g/mol. The molecule has 0 bridgehead atoms. The zero-order chi connectivity index (χ0) is 21.3. The van der Waals surface area contributed by atoms with Crippen molar-refractivity contribution < 1.29 is 42.9 Å². The summed E-state index contributed by atoms with van der Waals surface area (Å²) in [4.78, 5) is 46.0. The minimum atomic E-state index is -1.13. The van der Waals surface area contributed by atoms with Gasteiger partial charge in [0.25, 0.3) is 0 Å². The Morgan fingerprint density at radius 3 is 2.07 bits per heavy atom. The number of carbonyl (C=O) groups is 4. The second-order valence-corrected chi connectivity index (χ2v) is 6.34. The molecule has 1 aliphatic rings. The van der Waals surface area contributed by atoms with E-state index in [2.05, 4.69) is 0 Å². The van der Waals surface area contributed by atoms with Crippen LogP contribution >= 0.6 is 0 Å². The summed E-state index contributed by atoms with van der Waals surface area (Å²) in [5.41, 5.74) is 10.8. The summed E-state index contributed by atoms with van der Waals surface area (Å²) in [6.07, 6.45) is -3.95. The van der Waals surface area contributed by atoms with Crippen LogP contribution in [0.3, 0.4) is 0 Å². The van der Waals surface area contributed by atoms with E-state index in [4.69, 9.17) is 35.2 Å². The van der Waals surface area contributed by atoms with Gasteiger partial charge in [-0.3, -0.25) is 19.2 Å². The molecule has 0 saturated carbocycles. The summed E-state index contributed by atoms with van der Waals surface area (Å²) < 4.78 is 27.1. The van der Waals surface area contributed by atoms with Crippen LogP contribution in [0.15, 0.2) is 0 Å². The van der Waals surface area contributed by atoms with E-state index < -0.39 is 54.3 Å². The summed E-state index contributed by atoms with van der Waals surface area (Å²) in [6.45, 7) is 3.85. The molecule has 160 valence electrons. The van der Waals surface area contributed by atoms with Crippen LogP contribution in [0.5, 0.6) is 0 Å². The van der Waals surface area contributed by atoms with E-state index in [1.165, 1.54) is 20.8 Å². The minimum Gasteiger partial charge on any atom is -0.463 e. The van der Waals surface area contributed by atoms with Crippen LogP contribution in [0, 0.1) is 5.92 Å². The van der Waals surface area contributed by atoms with Crippen molar-refractivity contribution in [3.8, 4) is 0 Å². The lowest BCUT2D eigenvalue weighted by Gasteiger charge is -2.44. The van der Waals surface area contributed by atoms with Gasteiger partial charge >= 0.3 is 17.9 Å². The van der Waals surface area contributed by atoms with Gasteiger partial charge in [-0.05, 0) is 13.0 Å². The minimum absolute atomic E-state index is 0.210. The molecule has 1 saturated heterocycles. The average Bonchev–Trinajstić information content (AvgIpc) is 2.57. The molecular formula is C17H28N2O9. The number of primary amides is 1. The van der Waals surface area contributed by atoms with Crippen molar-refractivity contribution in [2.75, 3.05) is 19.8 Å². The first kappa shape index (κ1) is 23.8. The quantitative estimate of drug-likeness (QED) is 0.262. The lowest BCUT2D eigenvalue weighted by molar-refractivity contribution is -0.291. The van der Waals surface area contributed by atoms with Gasteiger partial charge in [0.15, 0.2) is 12.4 Å². The average molecular weight is 404 g/mol. The zero-order valence-corrected chi connectivity index (χ0v) is 16.3. The fraction of sp³-hybridized carbons (Fsp3) is 0.765. The summed E-state index contributed by atoms with van der Waals surface area (Å²) in [5, 5.41) is 0. The van der Waals surface area contributed by atoms with Gasteiger partial charge in [-0.25, -0.2) is 0 Å². The van der Waals surface area contributed by atoms with Crippen molar-refractivity contribution >= 4 is 23.8 Å². The van der Waals surface area contributed by atoms with Gasteiger partial charge in [-0.2, -0.15) is 0 Å². The Labute approximate surface area is 162 Å². The first-order chi connectivity index (χ1) is 13.1. The van der Waals surface area contributed by atoms with Crippen molar-refractivity contribution in [2.24, 2.45) is 17.4 Å². The Balaban J connectivity index is 3.21. The third kappa shape index (κ3) is 7.79. The molecule has 28 heavy (non-hydrogen) atoms. The van der Waals surface area contributed by atoms with Crippen molar-refractivity contribution in [1.82, 2.24) is 0 Å². The molecule has 1 rings (SSSR count). The van der Waals surface area contributed by atoms with E-state index in [1.807, 2.05) is 0 Å². The normalized spacial score (nSPS) is 26.9. The molecule has 0 aromatic rings. The molecule has 11 heteroatoms. The molecule has 11 nitrogen and oxygen atoms in total. The third-order valence-corrected chi connectivity index (χ3v) is 3.89. The first-order valence-corrected chi connectivity index (χ1v) is 8.89. The van der Waals surface area contributed by atoms with Crippen molar-refractivity contribution in [3.05, 3.63) is 0 Å². The standard InChI is InChI=1S/C17H28N2O9/c1-9(20)25-8-13-16(27-11(3)22)15(26-10(2)21)12(7-14(19)23)17(28-13)24-6-4-5-18/h12-13,15-17H,4-8,18H2,1-3H3,(H2,19,23)/t12-,13-,15-,16+,17?/m1/s1. The van der Waals surface area contributed by atoms with Gasteiger partial charge < -0.3 is 35.2 Å². The molecule has 0 aliphatic carbocycles. The molecular weight excluding hydrogens is 376 g/mol. The molecule has 1 fully saturated rings. The molecule has 0 radical (unpaired) electrons. The van der Waals surface area contributed by atoms with Crippen LogP contribution in [0.25, 0.3) is 0 Å². The fourth-order valence-corrected chi connectivity index (χ4v) is 2.87. The molecule has 1 amide bonds. The van der Waals surface area contributed by atoms with E-state index in [0.29, 0.717) is 13.0 Å². The van der Waals surface area contributed by atoms with E-state index in [9.17, 15) is 19.2 Å². The van der Waals surface area contributed by atoms with E-state index in [0.717, 1.165) is 0 Å². The topological polar surface area (TPSA) is 166 Å². The highest BCUT2D eigenvalue weighted by atomic mass is 16.7. The van der Waals surface area contributed by atoms with Crippen LogP contribution in [0.2, 0.25) is 0 Å². The molecule has 0 aromatic heterocycles. The Kier molecular flexibility index (Phi) is 9.83. The van der Waals surface area contributed by atoms with Crippen LogP contribution in [-0.2, 0) is 42.9 Å². The van der Waals surface area contributed by atoms with E-state index in [1.54, 1.807) is 0 Å². The predicted octanol–water partition coefficient (Wildman–Crippen LogP) is -1.01. The summed E-state index contributed by atoms with van der Waals surface area (Å²) >= 11 is 0. The lowest BCUT2D eigenvalue weighted by atomic mass is 9.87. The zero-order valence-electron chi connectivity index (χ0n) is 16.3. The molecule has 1 heterocycles. The highest BCUT2D eigenvalue weighted by Gasteiger charge is 2.51. The van der Waals surface area contributed by atoms with Crippen molar-refractivity contribution in [1.29, 1.82) is 0 Å². The van der Waals surface area contributed by atoms with Gasteiger partial charge in [0.2, 0.25) is 5.91 Å². The fourth-order valence-electron chi connectivity index (χ4n) is 2.87. The maximum atomic E-state index is 11.7. The number of carbonyl (C=O) groups excluding carboxylic acids is 4. The first-order valence-electron chi connectivity index (χ1n) is 8.89. The molecule has 5 atom stereocenters. The number of esters is 3. The van der Waals surface area contributed by atoms with Crippen molar-refractivity contribution in [3.63, 3.8) is 0 Å². The maximum Gasteiger partial charge on any atom is 0.303 e. The predicted molar refractivity (Wildman–Crippen MR) is 93.3 cm³/mol. The molecule has 0 spiro atoms. The number of amides is 1. The highest BCUT2D eigenvalue weighted by molar-refractivity contribution is 5.74. The van der Waals surface area contributed by atoms with Crippen LogP contribution in [-0.4, -0.2) is 68.2 Å². The highest BCUT2D eigenvalue weighted by Crippen LogP contribution is 2.34. The van der Waals surface area contributed by atoms with E-state index in [-0.39, 0.29) is 19.6 Å². The summed E-state index contributed by atoms with van der Waals surface area (Å²) in [6, 6.07) is 0.